The fourth-order valence-electron chi connectivity index (χ4n) is 8.07. The summed E-state index contributed by atoms with van der Waals surface area (Å²) in [4.78, 5) is 10.6. The van der Waals surface area contributed by atoms with E-state index < -0.39 is 0 Å². The van der Waals surface area contributed by atoms with Gasteiger partial charge in [-0.05, 0) is 47.2 Å². The first kappa shape index (κ1) is 27.2. The molecule has 0 radical (unpaired) electrons. The molecular formula is C46H28N4. The topological polar surface area (TPSA) is 35.1 Å². The van der Waals surface area contributed by atoms with Crippen LogP contribution < -0.4 is 0 Å². The quantitative estimate of drug-likeness (QED) is 0.193. The Morgan fingerprint density at radius 3 is 1.76 bits per heavy atom. The van der Waals surface area contributed by atoms with Gasteiger partial charge in [0, 0.05) is 38.4 Å². The summed E-state index contributed by atoms with van der Waals surface area (Å²) in [6.07, 6.45) is 0. The fourth-order valence-corrected chi connectivity index (χ4v) is 8.07. The zero-order chi connectivity index (χ0) is 32.8. The number of fused-ring (bicyclic) bond motifs is 8. The Labute approximate surface area is 287 Å². The molecule has 11 aromatic rings. The van der Waals surface area contributed by atoms with E-state index in [4.69, 9.17) is 9.97 Å². The SMILES string of the molecule is c1ccc(-c2nc3ccc(-n4c5cccc6ccc7c8ccc9ccccc9c8n(c8ccccc84)c7c65)cc3nc2-c2ccccc2)cc1. The summed E-state index contributed by atoms with van der Waals surface area (Å²) < 4.78 is 4.92. The largest absolute Gasteiger partial charge is 0.308 e. The Hall–Kier alpha value is -6.78. The number of hydrogen-bond acceptors (Lipinski definition) is 2. The second-order valence-corrected chi connectivity index (χ2v) is 13.0. The highest BCUT2D eigenvalue weighted by Crippen LogP contribution is 2.42. The third kappa shape index (κ3) is 3.81. The molecule has 3 aromatic heterocycles. The summed E-state index contributed by atoms with van der Waals surface area (Å²) in [5, 5.41) is 7.45. The van der Waals surface area contributed by atoms with Gasteiger partial charge in [-0.2, -0.15) is 0 Å². The monoisotopic (exact) mass is 636 g/mol. The van der Waals surface area contributed by atoms with Crippen molar-refractivity contribution >= 4 is 70.9 Å². The molecule has 0 aliphatic heterocycles. The third-order valence-corrected chi connectivity index (χ3v) is 10.2. The molecule has 0 unspecified atom stereocenters. The Balaban J connectivity index is 1.29. The van der Waals surface area contributed by atoms with Gasteiger partial charge in [-0.1, -0.05) is 133 Å². The number of hydrogen-bond donors (Lipinski definition) is 0. The third-order valence-electron chi connectivity index (χ3n) is 10.2. The number of rotatable bonds is 3. The van der Waals surface area contributed by atoms with Gasteiger partial charge in [-0.25, -0.2) is 9.97 Å². The molecule has 0 spiro atoms. The molecule has 0 aliphatic carbocycles. The molecule has 3 heterocycles. The second kappa shape index (κ2) is 10.4. The highest BCUT2D eigenvalue weighted by Gasteiger charge is 2.21. The molecule has 4 nitrogen and oxygen atoms in total. The first-order valence-electron chi connectivity index (χ1n) is 17.0. The van der Waals surface area contributed by atoms with Crippen molar-refractivity contribution < 1.29 is 0 Å². The van der Waals surface area contributed by atoms with Gasteiger partial charge >= 0.3 is 0 Å². The van der Waals surface area contributed by atoms with E-state index in [0.29, 0.717) is 0 Å². The molecule has 0 saturated heterocycles. The van der Waals surface area contributed by atoms with Crippen LogP contribution in [0.2, 0.25) is 0 Å². The van der Waals surface area contributed by atoms with Gasteiger partial charge in [0.05, 0.1) is 50.0 Å². The lowest BCUT2D eigenvalue weighted by molar-refractivity contribution is 1.16. The molecule has 232 valence electrons. The Kier molecular flexibility index (Phi) is 5.63. The van der Waals surface area contributed by atoms with Crippen LogP contribution in [0.15, 0.2) is 170 Å². The maximum absolute atomic E-state index is 5.35. The lowest BCUT2D eigenvalue weighted by Crippen LogP contribution is -2.00. The minimum absolute atomic E-state index is 0.851. The van der Waals surface area contributed by atoms with E-state index in [1.165, 1.54) is 43.4 Å². The highest BCUT2D eigenvalue weighted by atomic mass is 15.0. The predicted molar refractivity (Wildman–Crippen MR) is 208 cm³/mol. The first-order valence-corrected chi connectivity index (χ1v) is 17.0. The molecule has 0 fully saturated rings. The second-order valence-electron chi connectivity index (χ2n) is 13.0. The molecule has 50 heavy (non-hydrogen) atoms. The zero-order valence-electron chi connectivity index (χ0n) is 27.0. The summed E-state index contributed by atoms with van der Waals surface area (Å²) in [5.74, 6) is 0. The maximum atomic E-state index is 5.35. The Morgan fingerprint density at radius 2 is 0.980 bits per heavy atom. The summed E-state index contributed by atoms with van der Waals surface area (Å²) in [6.45, 7) is 0. The van der Waals surface area contributed by atoms with Crippen LogP contribution in [0.4, 0.5) is 0 Å². The number of para-hydroxylation sites is 2. The molecule has 4 heteroatoms. The molecule has 0 saturated carbocycles. The van der Waals surface area contributed by atoms with Crippen molar-refractivity contribution in [2.24, 2.45) is 0 Å². The Bertz CT molecular complexity index is 3140. The van der Waals surface area contributed by atoms with Crippen molar-refractivity contribution in [2.45, 2.75) is 0 Å². The molecule has 0 atom stereocenters. The number of aromatic nitrogens is 4. The van der Waals surface area contributed by atoms with Gasteiger partial charge in [0.15, 0.2) is 0 Å². The van der Waals surface area contributed by atoms with Gasteiger partial charge in [-0.15, -0.1) is 0 Å². The smallest absolute Gasteiger partial charge is 0.0973 e. The zero-order valence-corrected chi connectivity index (χ0v) is 27.0. The molecule has 0 amide bonds. The highest BCUT2D eigenvalue weighted by molar-refractivity contribution is 6.27. The van der Waals surface area contributed by atoms with Crippen LogP contribution in [-0.4, -0.2) is 18.9 Å². The van der Waals surface area contributed by atoms with Crippen molar-refractivity contribution in [2.75, 3.05) is 0 Å². The maximum Gasteiger partial charge on any atom is 0.0973 e. The van der Waals surface area contributed by atoms with Crippen molar-refractivity contribution in [1.82, 2.24) is 18.9 Å². The molecule has 0 aliphatic rings. The van der Waals surface area contributed by atoms with E-state index in [9.17, 15) is 0 Å². The van der Waals surface area contributed by atoms with E-state index in [-0.39, 0.29) is 0 Å². The lowest BCUT2D eigenvalue weighted by Gasteiger charge is -2.15. The van der Waals surface area contributed by atoms with E-state index >= 15 is 0 Å². The summed E-state index contributed by atoms with van der Waals surface area (Å²) in [7, 11) is 0. The van der Waals surface area contributed by atoms with E-state index in [1.54, 1.807) is 0 Å². The van der Waals surface area contributed by atoms with Crippen LogP contribution in [0.3, 0.4) is 0 Å². The predicted octanol–water partition coefficient (Wildman–Crippen LogP) is 11.8. The Morgan fingerprint density at radius 1 is 0.380 bits per heavy atom. The minimum atomic E-state index is 0.851. The van der Waals surface area contributed by atoms with Gasteiger partial charge in [0.25, 0.3) is 0 Å². The standard InChI is InChI=1S/C46H28N4/c1-3-13-31(14-4-1)43-44(32-15-5-2-6-16-32)48-38-28-33(24-27-37(38)47-43)49-39-19-9-10-20-40(39)50-45-34-18-8-7-12-29(34)22-25-35(45)36-26-23-30-17-11-21-41(49)42(30)46(36)50/h1-28H. The van der Waals surface area contributed by atoms with Gasteiger partial charge in [0.1, 0.15) is 0 Å². The number of nitrogens with zero attached hydrogens (tertiary/aromatic N) is 4. The average Bonchev–Trinajstić information content (AvgIpc) is 3.47. The summed E-state index contributed by atoms with van der Waals surface area (Å²) in [6, 6.07) is 60.6. The first-order chi connectivity index (χ1) is 24.8. The lowest BCUT2D eigenvalue weighted by atomic mass is 10.0. The van der Waals surface area contributed by atoms with Crippen LogP contribution in [0.5, 0.6) is 0 Å². The van der Waals surface area contributed by atoms with Crippen molar-refractivity contribution in [3.63, 3.8) is 0 Å². The van der Waals surface area contributed by atoms with Crippen LogP contribution in [-0.2, 0) is 0 Å². The van der Waals surface area contributed by atoms with Crippen LogP contribution in [0.1, 0.15) is 0 Å². The van der Waals surface area contributed by atoms with Crippen LogP contribution in [0.25, 0.3) is 99.1 Å². The summed E-state index contributed by atoms with van der Waals surface area (Å²) >= 11 is 0. The van der Waals surface area contributed by atoms with Crippen molar-refractivity contribution in [1.29, 1.82) is 0 Å². The van der Waals surface area contributed by atoms with Gasteiger partial charge in [-0.3, -0.25) is 0 Å². The van der Waals surface area contributed by atoms with E-state index in [1.807, 2.05) is 12.1 Å². The van der Waals surface area contributed by atoms with E-state index in [2.05, 4.69) is 167 Å². The molecule has 8 aromatic carbocycles. The minimum Gasteiger partial charge on any atom is -0.308 e. The molecule has 0 N–H and O–H groups in total. The van der Waals surface area contributed by atoms with Crippen molar-refractivity contribution in [3.8, 4) is 28.2 Å². The van der Waals surface area contributed by atoms with Gasteiger partial charge in [0.2, 0.25) is 0 Å². The fraction of sp³-hybridized carbons (Fsp3) is 0. The van der Waals surface area contributed by atoms with Crippen molar-refractivity contribution in [3.05, 3.63) is 170 Å². The number of benzene rings is 8. The summed E-state index contributed by atoms with van der Waals surface area (Å²) in [5.41, 5.74) is 12.5. The average molecular weight is 637 g/mol. The molecular weight excluding hydrogens is 609 g/mol. The normalized spacial score (nSPS) is 12.0. The molecule has 11 rings (SSSR count). The van der Waals surface area contributed by atoms with Crippen LogP contribution >= 0.6 is 0 Å². The van der Waals surface area contributed by atoms with Gasteiger partial charge < -0.3 is 8.97 Å². The van der Waals surface area contributed by atoms with E-state index in [0.717, 1.165) is 55.8 Å². The molecule has 0 bridgehead atoms. The van der Waals surface area contributed by atoms with Crippen LogP contribution in [0, 0.1) is 0 Å².